The van der Waals surface area contributed by atoms with Crippen LogP contribution in [0.25, 0.3) is 0 Å². The van der Waals surface area contributed by atoms with Crippen molar-refractivity contribution < 1.29 is 33.8 Å². The highest BCUT2D eigenvalue weighted by Crippen LogP contribution is 2.51. The van der Waals surface area contributed by atoms with Gasteiger partial charge in [-0.05, 0) is 108 Å². The van der Waals surface area contributed by atoms with Gasteiger partial charge in [0.15, 0.2) is 0 Å². The van der Waals surface area contributed by atoms with Crippen molar-refractivity contribution >= 4 is 29.5 Å². The fourth-order valence-corrected chi connectivity index (χ4v) is 10.3. The minimum Gasteiger partial charge on any atom is -0.508 e. The number of phenolic OH excluding ortho intramolecular Hbond substituents is 1. The quantitative estimate of drug-likeness (QED) is 0.251. The number of carbonyl (C=O) groups is 5. The Kier molecular flexibility index (Phi) is 8.14. The summed E-state index contributed by atoms with van der Waals surface area (Å²) in [6.07, 6.45) is 4.07. The SMILES string of the molecule is O=C1CCC(N2C(=O)c3cc4c(cc3C2=O)CN(CC(=O)N2CC3(CC(Oc5ccc([C@@H]6c7ccc(O)cc7CC[C@@H]6c6ccccc6)cc5)C3)C2)C4)C(=O)N1. The first-order valence-corrected chi connectivity index (χ1v) is 19.6. The maximum absolute atomic E-state index is 13.3. The van der Waals surface area contributed by atoms with Gasteiger partial charge in [-0.15, -0.1) is 0 Å². The highest BCUT2D eigenvalue weighted by molar-refractivity contribution is 6.23. The first kappa shape index (κ1) is 34.7. The number of amides is 5. The Morgan fingerprint density at radius 3 is 2.16 bits per heavy atom. The summed E-state index contributed by atoms with van der Waals surface area (Å²) in [7, 11) is 0. The Balaban J connectivity index is 0.724. The zero-order valence-corrected chi connectivity index (χ0v) is 30.9. The van der Waals surface area contributed by atoms with E-state index in [0.717, 1.165) is 60.5 Å². The second kappa shape index (κ2) is 13.2. The van der Waals surface area contributed by atoms with Crippen molar-refractivity contribution in [3.63, 3.8) is 0 Å². The predicted molar refractivity (Wildman–Crippen MR) is 204 cm³/mol. The molecule has 11 nitrogen and oxygen atoms in total. The summed E-state index contributed by atoms with van der Waals surface area (Å²) in [5.41, 5.74) is 7.47. The number of imide groups is 2. The largest absolute Gasteiger partial charge is 0.508 e. The molecular weight excluding hydrogens is 709 g/mol. The number of carbonyl (C=O) groups excluding carboxylic acids is 5. The highest BCUT2D eigenvalue weighted by atomic mass is 16.5. The minimum absolute atomic E-state index is 0.0698. The number of piperidine rings is 1. The number of hydrogen-bond donors (Lipinski definition) is 2. The molecule has 4 aromatic rings. The molecule has 4 aromatic carbocycles. The molecule has 2 aliphatic carbocycles. The molecule has 6 aliphatic rings. The molecule has 5 amide bonds. The van der Waals surface area contributed by atoms with Gasteiger partial charge in [-0.25, -0.2) is 0 Å². The summed E-state index contributed by atoms with van der Waals surface area (Å²) < 4.78 is 6.43. The van der Waals surface area contributed by atoms with Gasteiger partial charge in [0.2, 0.25) is 17.7 Å². The molecule has 11 heteroatoms. The number of aromatic hydroxyl groups is 1. The molecule has 3 atom stereocenters. The van der Waals surface area contributed by atoms with Crippen LogP contribution in [-0.2, 0) is 33.9 Å². The van der Waals surface area contributed by atoms with Gasteiger partial charge in [-0.1, -0.05) is 48.5 Å². The topological polar surface area (TPSA) is 137 Å². The van der Waals surface area contributed by atoms with E-state index >= 15 is 0 Å². The van der Waals surface area contributed by atoms with Crippen LogP contribution in [0.5, 0.6) is 11.5 Å². The molecule has 0 radical (unpaired) electrons. The molecule has 0 bridgehead atoms. The number of aryl methyl sites for hydroxylation is 1. The van der Waals surface area contributed by atoms with Crippen molar-refractivity contribution in [1.29, 1.82) is 0 Å². The molecule has 3 fully saturated rings. The Labute approximate surface area is 324 Å². The zero-order chi connectivity index (χ0) is 38.3. The Morgan fingerprint density at radius 2 is 1.48 bits per heavy atom. The average molecular weight is 751 g/mol. The summed E-state index contributed by atoms with van der Waals surface area (Å²) in [5.74, 6) is -0.316. The lowest BCUT2D eigenvalue weighted by atomic mass is 9.61. The lowest BCUT2D eigenvalue weighted by molar-refractivity contribution is -0.161. The van der Waals surface area contributed by atoms with Crippen molar-refractivity contribution in [2.24, 2.45) is 5.41 Å². The van der Waals surface area contributed by atoms with Crippen molar-refractivity contribution in [1.82, 2.24) is 20.0 Å². The van der Waals surface area contributed by atoms with E-state index in [1.165, 1.54) is 22.3 Å². The van der Waals surface area contributed by atoms with Gasteiger partial charge in [-0.2, -0.15) is 0 Å². The monoisotopic (exact) mass is 750 g/mol. The van der Waals surface area contributed by atoms with Gasteiger partial charge < -0.3 is 14.7 Å². The standard InChI is InChI=1S/C45H42N4O7/c50-31-9-13-35-28(16-31)8-12-34(26-4-2-1-3-5-26)41(35)27-6-10-32(11-7-27)56-33-19-45(20-33)24-48(25-45)40(52)23-47-21-29-17-36-37(18-30(29)22-47)44(55)49(43(36)54)38-14-15-39(51)46-42(38)53/h1-7,9-11,13,16-18,33-34,38,41,50H,8,12,14-15,19-25H2,(H,46,51,53)/t34-,38?,41+/m1/s1. The molecule has 0 aromatic heterocycles. The number of hydrogen-bond acceptors (Lipinski definition) is 8. The lowest BCUT2D eigenvalue weighted by Gasteiger charge is -2.58. The van der Waals surface area contributed by atoms with Crippen molar-refractivity contribution in [2.45, 2.75) is 75.6 Å². The summed E-state index contributed by atoms with van der Waals surface area (Å²) in [4.78, 5) is 68.9. The van der Waals surface area contributed by atoms with Gasteiger partial charge >= 0.3 is 0 Å². The fraction of sp³-hybridized carbons (Fsp3) is 0.356. The van der Waals surface area contributed by atoms with Crippen LogP contribution in [-0.4, -0.2) is 81.1 Å². The van der Waals surface area contributed by atoms with Crippen LogP contribution in [0, 0.1) is 5.41 Å². The van der Waals surface area contributed by atoms with Gasteiger partial charge in [0.1, 0.15) is 23.6 Å². The van der Waals surface area contributed by atoms with Gasteiger partial charge in [0, 0.05) is 43.9 Å². The van der Waals surface area contributed by atoms with E-state index < -0.39 is 29.7 Å². The minimum atomic E-state index is -0.995. The van der Waals surface area contributed by atoms with Crippen molar-refractivity contribution in [3.05, 3.63) is 129 Å². The van der Waals surface area contributed by atoms with E-state index in [1.54, 1.807) is 18.2 Å². The second-order valence-electron chi connectivity index (χ2n) is 16.6. The number of nitrogens with one attached hydrogen (secondary N) is 1. The van der Waals surface area contributed by atoms with E-state index in [2.05, 4.69) is 66.0 Å². The molecule has 1 saturated carbocycles. The molecule has 1 unspecified atom stereocenters. The Morgan fingerprint density at radius 1 is 0.786 bits per heavy atom. The number of likely N-dealkylation sites (tertiary alicyclic amines) is 1. The number of phenols is 1. The fourth-order valence-electron chi connectivity index (χ4n) is 10.3. The third-order valence-corrected chi connectivity index (χ3v) is 13.0. The number of rotatable bonds is 7. The third kappa shape index (κ3) is 5.87. The number of fused-ring (bicyclic) bond motifs is 3. The van der Waals surface area contributed by atoms with E-state index in [9.17, 15) is 29.1 Å². The van der Waals surface area contributed by atoms with Crippen LogP contribution < -0.4 is 10.1 Å². The molecule has 2 N–H and O–H groups in total. The lowest BCUT2D eigenvalue weighted by Crippen LogP contribution is -2.66. The van der Waals surface area contributed by atoms with Crippen LogP contribution in [0.4, 0.5) is 0 Å². The third-order valence-electron chi connectivity index (χ3n) is 13.0. The molecule has 1 spiro atoms. The van der Waals surface area contributed by atoms with Crippen molar-refractivity contribution in [2.75, 3.05) is 19.6 Å². The average Bonchev–Trinajstić information content (AvgIpc) is 3.66. The van der Waals surface area contributed by atoms with Gasteiger partial charge in [-0.3, -0.25) is 39.1 Å². The maximum atomic E-state index is 13.3. The summed E-state index contributed by atoms with van der Waals surface area (Å²) >= 11 is 0. The van der Waals surface area contributed by atoms with Crippen LogP contribution in [0.15, 0.2) is 84.9 Å². The summed E-state index contributed by atoms with van der Waals surface area (Å²) in [6, 6.07) is 27.5. The Hall–Kier alpha value is -5.81. The molecule has 4 aliphatic heterocycles. The molecule has 56 heavy (non-hydrogen) atoms. The van der Waals surface area contributed by atoms with Crippen molar-refractivity contribution in [3.8, 4) is 11.5 Å². The van der Waals surface area contributed by atoms with E-state index in [0.29, 0.717) is 24.8 Å². The Bertz CT molecular complexity index is 2270. The van der Waals surface area contributed by atoms with Crippen LogP contribution >= 0.6 is 0 Å². The predicted octanol–water partition coefficient (Wildman–Crippen LogP) is 5.04. The molecule has 2 saturated heterocycles. The number of ether oxygens (including phenoxy) is 1. The normalized spacial score (nSPS) is 24.0. The first-order valence-electron chi connectivity index (χ1n) is 19.6. The van der Waals surface area contributed by atoms with Gasteiger partial charge in [0.05, 0.1) is 17.7 Å². The highest BCUT2D eigenvalue weighted by Gasteiger charge is 2.55. The number of nitrogens with zero attached hydrogens (tertiary/aromatic N) is 3. The molecule has 10 rings (SSSR count). The van der Waals surface area contributed by atoms with Crippen LogP contribution in [0.2, 0.25) is 0 Å². The summed E-state index contributed by atoms with van der Waals surface area (Å²) in [6.45, 7) is 2.67. The van der Waals surface area contributed by atoms with E-state index in [-0.39, 0.29) is 53.9 Å². The second-order valence-corrected chi connectivity index (χ2v) is 16.6. The molecule has 284 valence electrons. The van der Waals surface area contributed by atoms with Gasteiger partial charge in [0.25, 0.3) is 11.8 Å². The van der Waals surface area contributed by atoms with Crippen LogP contribution in [0.3, 0.4) is 0 Å². The molecular formula is C45H42N4O7. The summed E-state index contributed by atoms with van der Waals surface area (Å²) in [5, 5.41) is 12.4. The van der Waals surface area contributed by atoms with Crippen LogP contribution in [0.1, 0.15) is 98.0 Å². The zero-order valence-electron chi connectivity index (χ0n) is 30.9. The maximum Gasteiger partial charge on any atom is 0.262 e. The van der Waals surface area contributed by atoms with E-state index in [4.69, 9.17) is 4.74 Å². The number of benzene rings is 4. The van der Waals surface area contributed by atoms with E-state index in [1.807, 2.05) is 15.9 Å². The first-order chi connectivity index (χ1) is 27.1. The smallest absolute Gasteiger partial charge is 0.262 e. The molecule has 4 heterocycles.